The van der Waals surface area contributed by atoms with E-state index in [0.717, 1.165) is 35.3 Å². The van der Waals surface area contributed by atoms with Gasteiger partial charge in [0.2, 0.25) is 5.82 Å². The predicted molar refractivity (Wildman–Crippen MR) is 140 cm³/mol. The van der Waals surface area contributed by atoms with E-state index in [-0.39, 0.29) is 5.97 Å². The summed E-state index contributed by atoms with van der Waals surface area (Å²) in [7, 11) is 0. The van der Waals surface area contributed by atoms with Gasteiger partial charge in [-0.3, -0.25) is 9.78 Å². The van der Waals surface area contributed by atoms with Crippen LogP contribution in [0.1, 0.15) is 56.4 Å². The molecule has 0 aliphatic carbocycles. The van der Waals surface area contributed by atoms with Gasteiger partial charge in [-0.1, -0.05) is 25.9 Å². The summed E-state index contributed by atoms with van der Waals surface area (Å²) in [5.41, 5.74) is 6.06. The first kappa shape index (κ1) is 27.3. The summed E-state index contributed by atoms with van der Waals surface area (Å²) in [6.07, 6.45) is 4.06. The van der Waals surface area contributed by atoms with Crippen LogP contribution in [0.2, 0.25) is 0 Å². The molecule has 0 aliphatic heterocycles. The first-order chi connectivity index (χ1) is 17.3. The maximum absolute atomic E-state index is 11.4. The first-order valence-corrected chi connectivity index (χ1v) is 12.7. The molecule has 3 rings (SSSR count). The highest BCUT2D eigenvalue weighted by molar-refractivity contribution is 5.69. The topological polar surface area (TPSA) is 99.4 Å². The molecule has 0 aliphatic rings. The highest BCUT2D eigenvalue weighted by Crippen LogP contribution is 2.31. The van der Waals surface area contributed by atoms with Crippen molar-refractivity contribution in [3.8, 4) is 28.7 Å². The van der Waals surface area contributed by atoms with Gasteiger partial charge < -0.3 is 19.3 Å². The molecule has 0 saturated heterocycles. The van der Waals surface area contributed by atoms with E-state index in [2.05, 4.69) is 54.2 Å². The molecule has 36 heavy (non-hydrogen) atoms. The van der Waals surface area contributed by atoms with Crippen molar-refractivity contribution in [3.05, 3.63) is 46.6 Å². The van der Waals surface area contributed by atoms with E-state index in [4.69, 9.17) is 14.0 Å². The zero-order chi connectivity index (χ0) is 26.1. The second kappa shape index (κ2) is 13.2. The number of nitrogens with one attached hydrogen (secondary N) is 1. The van der Waals surface area contributed by atoms with E-state index in [1.807, 2.05) is 25.3 Å². The van der Waals surface area contributed by atoms with Crippen LogP contribution in [0.5, 0.6) is 5.75 Å². The Bertz CT molecular complexity index is 1160. The van der Waals surface area contributed by atoms with E-state index < -0.39 is 0 Å². The molecule has 0 spiro atoms. The molecule has 0 radical (unpaired) electrons. The number of carbonyl (C=O) groups excluding carboxylic acids is 1. The van der Waals surface area contributed by atoms with Crippen LogP contribution in [0.15, 0.2) is 28.9 Å². The minimum Gasteiger partial charge on any atom is -0.492 e. The van der Waals surface area contributed by atoms with Crippen molar-refractivity contribution in [2.45, 2.75) is 60.8 Å². The number of aryl methyl sites for hydroxylation is 3. The number of hydrogen-bond donors (Lipinski definition) is 1. The fourth-order valence-corrected chi connectivity index (χ4v) is 4.02. The highest BCUT2D eigenvalue weighted by Gasteiger charge is 2.16. The Morgan fingerprint density at radius 3 is 2.58 bits per heavy atom. The number of carbonyl (C=O) groups is 1. The van der Waals surface area contributed by atoms with Gasteiger partial charge in [0.25, 0.3) is 5.89 Å². The van der Waals surface area contributed by atoms with Crippen molar-refractivity contribution in [2.24, 2.45) is 5.92 Å². The lowest BCUT2D eigenvalue weighted by Gasteiger charge is -2.15. The molecule has 1 aromatic carbocycles. The third-order valence-corrected chi connectivity index (χ3v) is 5.82. The van der Waals surface area contributed by atoms with Crippen molar-refractivity contribution < 1.29 is 18.8 Å². The van der Waals surface area contributed by atoms with Crippen molar-refractivity contribution in [1.29, 1.82) is 0 Å². The standard InChI is InChI=1S/C28H38N4O4/c1-7-21-16-22(14-20(6)26(21)35-12-11-29-10-9-25(33)34-8-2)27-31-28(36-32-27)24-15-19(5)23(17-30-24)13-18(3)4/h14-18,29H,7-13H2,1-6H3. The number of aromatic nitrogens is 3. The van der Waals surface area contributed by atoms with E-state index >= 15 is 0 Å². The summed E-state index contributed by atoms with van der Waals surface area (Å²) in [5, 5.41) is 7.43. The van der Waals surface area contributed by atoms with Gasteiger partial charge in [-0.25, -0.2) is 0 Å². The number of esters is 1. The van der Waals surface area contributed by atoms with Crippen LogP contribution in [0.4, 0.5) is 0 Å². The number of rotatable bonds is 13. The number of benzene rings is 1. The Morgan fingerprint density at radius 2 is 1.89 bits per heavy atom. The summed E-state index contributed by atoms with van der Waals surface area (Å²) in [4.78, 5) is 20.6. The predicted octanol–water partition coefficient (Wildman–Crippen LogP) is 5.10. The van der Waals surface area contributed by atoms with Gasteiger partial charge in [0, 0.05) is 24.8 Å². The fraction of sp³-hybridized carbons (Fsp3) is 0.500. The zero-order valence-corrected chi connectivity index (χ0v) is 22.3. The van der Waals surface area contributed by atoms with Gasteiger partial charge >= 0.3 is 5.97 Å². The molecule has 0 saturated carbocycles. The number of nitrogens with zero attached hydrogens (tertiary/aromatic N) is 3. The maximum Gasteiger partial charge on any atom is 0.307 e. The number of pyridine rings is 1. The Hall–Kier alpha value is -3.26. The first-order valence-electron chi connectivity index (χ1n) is 12.7. The molecule has 0 bridgehead atoms. The molecule has 0 unspecified atom stereocenters. The molecule has 194 valence electrons. The van der Waals surface area contributed by atoms with Gasteiger partial charge in [-0.15, -0.1) is 0 Å². The van der Waals surface area contributed by atoms with Crippen molar-refractivity contribution in [2.75, 3.05) is 26.3 Å². The van der Waals surface area contributed by atoms with Crippen LogP contribution in [-0.2, 0) is 22.4 Å². The minimum atomic E-state index is -0.190. The molecular formula is C28H38N4O4. The molecule has 0 amide bonds. The Balaban J connectivity index is 1.66. The highest BCUT2D eigenvalue weighted by atomic mass is 16.5. The lowest BCUT2D eigenvalue weighted by Crippen LogP contribution is -2.24. The molecule has 3 aromatic rings. The van der Waals surface area contributed by atoms with Crippen molar-refractivity contribution in [1.82, 2.24) is 20.4 Å². The smallest absolute Gasteiger partial charge is 0.307 e. The largest absolute Gasteiger partial charge is 0.492 e. The molecule has 1 N–H and O–H groups in total. The van der Waals surface area contributed by atoms with E-state index in [1.165, 1.54) is 11.1 Å². The van der Waals surface area contributed by atoms with Crippen LogP contribution in [-0.4, -0.2) is 47.4 Å². The average Bonchev–Trinajstić information content (AvgIpc) is 3.33. The SMILES string of the molecule is CCOC(=O)CCNCCOc1c(C)cc(-c2noc(-c3cc(C)c(CC(C)C)cn3)n2)cc1CC. The van der Waals surface area contributed by atoms with Gasteiger partial charge in [0.05, 0.1) is 13.0 Å². The average molecular weight is 495 g/mol. The van der Waals surface area contributed by atoms with Crippen LogP contribution < -0.4 is 10.1 Å². The molecule has 2 aromatic heterocycles. The van der Waals surface area contributed by atoms with E-state index in [0.29, 0.717) is 56.1 Å². The minimum absolute atomic E-state index is 0.190. The summed E-state index contributed by atoms with van der Waals surface area (Å²) in [6.45, 7) is 14.5. The second-order valence-electron chi connectivity index (χ2n) is 9.31. The third kappa shape index (κ3) is 7.37. The van der Waals surface area contributed by atoms with E-state index in [9.17, 15) is 4.79 Å². The fourth-order valence-electron chi connectivity index (χ4n) is 4.02. The summed E-state index contributed by atoms with van der Waals surface area (Å²) >= 11 is 0. The quantitative estimate of drug-likeness (QED) is 0.259. The van der Waals surface area contributed by atoms with Crippen molar-refractivity contribution >= 4 is 5.97 Å². The summed E-state index contributed by atoms with van der Waals surface area (Å²) < 4.78 is 16.6. The zero-order valence-electron chi connectivity index (χ0n) is 22.3. The monoisotopic (exact) mass is 494 g/mol. The second-order valence-corrected chi connectivity index (χ2v) is 9.31. The van der Waals surface area contributed by atoms with Gasteiger partial charge in [0.1, 0.15) is 18.1 Å². The number of hydrogen-bond acceptors (Lipinski definition) is 8. The van der Waals surface area contributed by atoms with Gasteiger partial charge in [-0.2, -0.15) is 4.98 Å². The van der Waals surface area contributed by atoms with E-state index in [1.54, 1.807) is 6.92 Å². The summed E-state index contributed by atoms with van der Waals surface area (Å²) in [5.74, 6) is 2.19. The Morgan fingerprint density at radius 1 is 1.08 bits per heavy atom. The molecule has 8 nitrogen and oxygen atoms in total. The lowest BCUT2D eigenvalue weighted by atomic mass is 10.0. The van der Waals surface area contributed by atoms with Crippen LogP contribution in [0, 0.1) is 19.8 Å². The maximum atomic E-state index is 11.4. The Labute approximate surface area is 213 Å². The normalized spacial score (nSPS) is 11.2. The van der Waals surface area contributed by atoms with Crippen LogP contribution >= 0.6 is 0 Å². The Kier molecular flexibility index (Phi) is 9.99. The number of ether oxygens (including phenoxy) is 2. The molecule has 0 atom stereocenters. The van der Waals surface area contributed by atoms with Gasteiger partial charge in [-0.05, 0) is 80.0 Å². The van der Waals surface area contributed by atoms with Crippen LogP contribution in [0.25, 0.3) is 23.0 Å². The molecule has 2 heterocycles. The van der Waals surface area contributed by atoms with Gasteiger partial charge in [0.15, 0.2) is 0 Å². The molecule has 8 heteroatoms. The third-order valence-electron chi connectivity index (χ3n) is 5.82. The molecule has 0 fully saturated rings. The lowest BCUT2D eigenvalue weighted by molar-refractivity contribution is -0.142. The van der Waals surface area contributed by atoms with Crippen LogP contribution in [0.3, 0.4) is 0 Å². The van der Waals surface area contributed by atoms with Crippen molar-refractivity contribution in [3.63, 3.8) is 0 Å². The molecular weight excluding hydrogens is 456 g/mol. The summed E-state index contributed by atoms with van der Waals surface area (Å²) in [6, 6.07) is 6.08.